The maximum atomic E-state index is 11.9. The Balaban J connectivity index is 1.44. The second-order valence-corrected chi connectivity index (χ2v) is 8.34. The van der Waals surface area contributed by atoms with E-state index in [0.29, 0.717) is 0 Å². The SMILES string of the molecule is C=C(C)C(=O)OCCOC(=O)COC1C2OS(=O)(=O)C3CC1(C)OC23. The van der Waals surface area contributed by atoms with E-state index in [1.54, 1.807) is 6.92 Å². The molecule has 0 aromatic heterocycles. The molecular formula is C15H20O9S. The van der Waals surface area contributed by atoms with Gasteiger partial charge in [0.15, 0.2) is 0 Å². The molecule has 9 nitrogen and oxygen atoms in total. The normalized spacial score (nSPS) is 37.0. The van der Waals surface area contributed by atoms with Gasteiger partial charge in [0.2, 0.25) is 0 Å². The molecule has 3 saturated heterocycles. The van der Waals surface area contributed by atoms with Crippen molar-refractivity contribution in [2.45, 2.75) is 49.4 Å². The number of carbonyl (C=O) groups excluding carboxylic acids is 2. The van der Waals surface area contributed by atoms with Crippen molar-refractivity contribution in [3.8, 4) is 0 Å². The Hall–Kier alpha value is -1.49. The summed E-state index contributed by atoms with van der Waals surface area (Å²) < 4.78 is 49.8. The predicted molar refractivity (Wildman–Crippen MR) is 81.9 cm³/mol. The Labute approximate surface area is 145 Å². The lowest BCUT2D eigenvalue weighted by Gasteiger charge is -2.29. The minimum absolute atomic E-state index is 0.0879. The van der Waals surface area contributed by atoms with Crippen LogP contribution in [0.5, 0.6) is 0 Å². The maximum Gasteiger partial charge on any atom is 0.333 e. The second-order valence-electron chi connectivity index (χ2n) is 6.56. The Morgan fingerprint density at radius 3 is 2.60 bits per heavy atom. The average Bonchev–Trinajstić information content (AvgIpc) is 3.05. The van der Waals surface area contributed by atoms with Crippen molar-refractivity contribution in [3.05, 3.63) is 12.2 Å². The largest absolute Gasteiger partial charge is 0.460 e. The van der Waals surface area contributed by atoms with Crippen molar-refractivity contribution in [2.75, 3.05) is 19.8 Å². The fourth-order valence-electron chi connectivity index (χ4n) is 3.41. The van der Waals surface area contributed by atoms with Crippen LogP contribution in [0.4, 0.5) is 0 Å². The van der Waals surface area contributed by atoms with Crippen LogP contribution in [-0.2, 0) is 42.8 Å². The van der Waals surface area contributed by atoms with E-state index in [1.807, 2.05) is 0 Å². The van der Waals surface area contributed by atoms with Crippen LogP contribution >= 0.6 is 0 Å². The molecule has 3 rings (SSSR count). The van der Waals surface area contributed by atoms with E-state index in [-0.39, 0.29) is 31.8 Å². The van der Waals surface area contributed by atoms with Crippen LogP contribution in [0, 0.1) is 0 Å². The third-order valence-electron chi connectivity index (χ3n) is 4.53. The van der Waals surface area contributed by atoms with Gasteiger partial charge < -0.3 is 18.9 Å². The van der Waals surface area contributed by atoms with E-state index in [4.69, 9.17) is 23.1 Å². The van der Waals surface area contributed by atoms with Crippen LogP contribution in [0.25, 0.3) is 0 Å². The third-order valence-corrected chi connectivity index (χ3v) is 6.19. The Bertz CT molecular complexity index is 700. The molecule has 0 saturated carbocycles. The smallest absolute Gasteiger partial charge is 0.333 e. The highest BCUT2D eigenvalue weighted by atomic mass is 32.2. The van der Waals surface area contributed by atoms with Gasteiger partial charge in [-0.25, -0.2) is 9.59 Å². The molecule has 3 aliphatic heterocycles. The van der Waals surface area contributed by atoms with Crippen LogP contribution in [0.3, 0.4) is 0 Å². The molecule has 0 radical (unpaired) electrons. The number of fused-ring (bicyclic) bond motifs is 1. The van der Waals surface area contributed by atoms with Gasteiger partial charge in [0, 0.05) is 12.0 Å². The van der Waals surface area contributed by atoms with Gasteiger partial charge in [0.05, 0.1) is 5.60 Å². The first-order chi connectivity index (χ1) is 11.6. The van der Waals surface area contributed by atoms with E-state index in [9.17, 15) is 18.0 Å². The van der Waals surface area contributed by atoms with Gasteiger partial charge in [-0.15, -0.1) is 0 Å². The van der Waals surface area contributed by atoms with Gasteiger partial charge in [0.25, 0.3) is 10.1 Å². The maximum absolute atomic E-state index is 11.9. The van der Waals surface area contributed by atoms with E-state index in [1.165, 1.54) is 6.92 Å². The molecular weight excluding hydrogens is 356 g/mol. The standard InChI is InChI=1S/C15H20O9S/c1-8(2)14(17)21-5-4-20-10(16)7-22-13-12-11-9(25(18,19)24-12)6-15(13,3)23-11/h9,11-13H,1,4-7H2,2-3H3. The topological polar surface area (TPSA) is 114 Å². The summed E-state index contributed by atoms with van der Waals surface area (Å²) in [6, 6.07) is 0. The van der Waals surface area contributed by atoms with Crippen LogP contribution < -0.4 is 0 Å². The molecule has 25 heavy (non-hydrogen) atoms. The van der Waals surface area contributed by atoms with Gasteiger partial charge in [0.1, 0.15) is 43.4 Å². The van der Waals surface area contributed by atoms with Crippen LogP contribution in [0.15, 0.2) is 12.2 Å². The minimum Gasteiger partial charge on any atom is -0.460 e. The highest BCUT2D eigenvalue weighted by Gasteiger charge is 2.71. The molecule has 0 aliphatic carbocycles. The summed E-state index contributed by atoms with van der Waals surface area (Å²) in [5.74, 6) is -1.22. The Morgan fingerprint density at radius 2 is 1.92 bits per heavy atom. The number of ether oxygens (including phenoxy) is 4. The first-order valence-electron chi connectivity index (χ1n) is 7.84. The second kappa shape index (κ2) is 6.35. The fourth-order valence-corrected chi connectivity index (χ4v) is 5.15. The lowest BCUT2D eigenvalue weighted by molar-refractivity contribution is -0.159. The molecule has 3 aliphatic rings. The summed E-state index contributed by atoms with van der Waals surface area (Å²) in [5.41, 5.74) is -0.551. The molecule has 5 atom stereocenters. The lowest BCUT2D eigenvalue weighted by Crippen LogP contribution is -2.47. The van der Waals surface area contributed by atoms with E-state index < -0.39 is 51.2 Å². The van der Waals surface area contributed by atoms with Crippen LogP contribution in [-0.4, -0.2) is 69.3 Å². The highest BCUT2D eigenvalue weighted by Crippen LogP contribution is 2.53. The molecule has 0 spiro atoms. The molecule has 0 aromatic rings. The number of carbonyl (C=O) groups is 2. The first-order valence-corrected chi connectivity index (χ1v) is 9.31. The summed E-state index contributed by atoms with van der Waals surface area (Å²) in [6.07, 6.45) is -1.69. The van der Waals surface area contributed by atoms with Gasteiger partial charge in [-0.05, 0) is 13.8 Å². The van der Waals surface area contributed by atoms with Crippen molar-refractivity contribution in [1.29, 1.82) is 0 Å². The zero-order valence-corrected chi connectivity index (χ0v) is 14.7. The monoisotopic (exact) mass is 376 g/mol. The number of rotatable bonds is 7. The molecule has 10 heteroatoms. The Kier molecular flexibility index (Phi) is 4.65. The summed E-state index contributed by atoms with van der Waals surface area (Å²) in [5, 5.41) is -0.669. The molecule has 3 fully saturated rings. The van der Waals surface area contributed by atoms with Gasteiger partial charge in [-0.3, -0.25) is 4.18 Å². The highest BCUT2D eigenvalue weighted by molar-refractivity contribution is 7.87. The molecule has 3 heterocycles. The van der Waals surface area contributed by atoms with E-state index >= 15 is 0 Å². The Morgan fingerprint density at radius 1 is 1.24 bits per heavy atom. The van der Waals surface area contributed by atoms with E-state index in [2.05, 4.69) is 6.58 Å². The third kappa shape index (κ3) is 3.31. The number of esters is 2. The number of hydrogen-bond acceptors (Lipinski definition) is 9. The fraction of sp³-hybridized carbons (Fsp3) is 0.733. The summed E-state index contributed by atoms with van der Waals surface area (Å²) in [4.78, 5) is 22.9. The quantitative estimate of drug-likeness (QED) is 0.255. The van der Waals surface area contributed by atoms with Crippen molar-refractivity contribution < 1.29 is 41.1 Å². The summed E-state index contributed by atoms with van der Waals surface area (Å²) >= 11 is 0. The summed E-state index contributed by atoms with van der Waals surface area (Å²) in [7, 11) is -3.65. The predicted octanol–water partition coefficient (Wildman–Crippen LogP) is -0.307. The van der Waals surface area contributed by atoms with Gasteiger partial charge in [-0.1, -0.05) is 6.58 Å². The molecule has 0 aromatic carbocycles. The van der Waals surface area contributed by atoms with Gasteiger partial charge in [-0.2, -0.15) is 8.42 Å². The summed E-state index contributed by atoms with van der Waals surface area (Å²) in [6.45, 7) is 6.10. The first kappa shape index (κ1) is 18.3. The van der Waals surface area contributed by atoms with E-state index in [0.717, 1.165) is 0 Å². The zero-order valence-electron chi connectivity index (χ0n) is 13.9. The minimum atomic E-state index is -3.65. The van der Waals surface area contributed by atoms with Gasteiger partial charge >= 0.3 is 11.9 Å². The molecule has 5 unspecified atom stereocenters. The number of hydrogen-bond donors (Lipinski definition) is 0. The average molecular weight is 376 g/mol. The lowest BCUT2D eigenvalue weighted by atomic mass is 9.85. The molecule has 0 amide bonds. The van der Waals surface area contributed by atoms with Crippen molar-refractivity contribution in [2.24, 2.45) is 0 Å². The molecule has 0 N–H and O–H groups in total. The molecule has 2 bridgehead atoms. The van der Waals surface area contributed by atoms with Crippen LogP contribution in [0.1, 0.15) is 20.3 Å². The van der Waals surface area contributed by atoms with Crippen LogP contribution in [0.2, 0.25) is 0 Å². The van der Waals surface area contributed by atoms with Crippen molar-refractivity contribution in [1.82, 2.24) is 0 Å². The van der Waals surface area contributed by atoms with Crippen molar-refractivity contribution in [3.63, 3.8) is 0 Å². The zero-order chi connectivity index (χ0) is 18.4. The van der Waals surface area contributed by atoms with Crippen molar-refractivity contribution >= 4 is 22.1 Å². The molecule has 140 valence electrons.